The second-order valence-corrected chi connectivity index (χ2v) is 5.63. The molecule has 3 N–H and O–H groups in total. The summed E-state index contributed by atoms with van der Waals surface area (Å²) in [5, 5.41) is 4.32. The van der Waals surface area contributed by atoms with Crippen molar-refractivity contribution < 1.29 is 9.13 Å². The Morgan fingerprint density at radius 2 is 2.33 bits per heavy atom. The lowest BCUT2D eigenvalue weighted by Gasteiger charge is -2.19. The van der Waals surface area contributed by atoms with Crippen molar-refractivity contribution in [1.29, 1.82) is 0 Å². The zero-order chi connectivity index (χ0) is 15.4. The Kier molecular flexibility index (Phi) is 5.72. The Hall–Kier alpha value is -0.990. The number of benzene rings is 1. The van der Waals surface area contributed by atoms with Crippen LogP contribution in [0, 0.1) is 5.82 Å². The molecule has 21 heavy (non-hydrogen) atoms. The molecular formula is C13H15BrClFN4O. The van der Waals surface area contributed by atoms with E-state index >= 15 is 0 Å². The van der Waals surface area contributed by atoms with Gasteiger partial charge >= 0.3 is 0 Å². The van der Waals surface area contributed by atoms with Crippen LogP contribution in [0.3, 0.4) is 0 Å². The highest BCUT2D eigenvalue weighted by atomic mass is 79.9. The summed E-state index contributed by atoms with van der Waals surface area (Å²) in [6.45, 7) is 1.09. The summed E-state index contributed by atoms with van der Waals surface area (Å²) < 4.78 is 20.9. The highest BCUT2D eigenvalue weighted by molar-refractivity contribution is 9.10. The van der Waals surface area contributed by atoms with Gasteiger partial charge in [-0.15, -0.1) is 0 Å². The summed E-state index contributed by atoms with van der Waals surface area (Å²) in [7, 11) is 1.62. The maximum Gasteiger partial charge on any atom is 0.141 e. The fourth-order valence-electron chi connectivity index (χ4n) is 2.04. The van der Waals surface area contributed by atoms with Gasteiger partial charge < -0.3 is 4.74 Å². The number of nitrogens with two attached hydrogens (primary N) is 1. The van der Waals surface area contributed by atoms with Gasteiger partial charge in [0, 0.05) is 7.11 Å². The van der Waals surface area contributed by atoms with Crippen LogP contribution in [0.2, 0.25) is 5.02 Å². The van der Waals surface area contributed by atoms with Gasteiger partial charge in [-0.05, 0) is 33.6 Å². The molecule has 0 aliphatic rings. The number of nitrogens with zero attached hydrogens (tertiary/aromatic N) is 2. The molecule has 2 rings (SSSR count). The Labute approximate surface area is 135 Å². The fraction of sp³-hybridized carbons (Fsp3) is 0.308. The summed E-state index contributed by atoms with van der Waals surface area (Å²) in [4.78, 5) is 0. The number of hydrogen-bond donors (Lipinski definition) is 2. The minimum atomic E-state index is -0.469. The lowest BCUT2D eigenvalue weighted by atomic mass is 10.0. The molecule has 8 heteroatoms. The second-order valence-electron chi connectivity index (χ2n) is 4.37. The lowest BCUT2D eigenvalue weighted by Crippen LogP contribution is -2.31. The van der Waals surface area contributed by atoms with Crippen LogP contribution in [0.15, 0.2) is 28.9 Å². The Bertz CT molecular complexity index is 622. The molecular weight excluding hydrogens is 363 g/mol. The molecule has 0 aliphatic heterocycles. The summed E-state index contributed by atoms with van der Waals surface area (Å²) in [5.74, 6) is 5.20. The van der Waals surface area contributed by atoms with E-state index in [9.17, 15) is 4.39 Å². The van der Waals surface area contributed by atoms with Crippen molar-refractivity contribution in [3.8, 4) is 0 Å². The minimum absolute atomic E-state index is 0.0480. The monoisotopic (exact) mass is 376 g/mol. The average molecular weight is 378 g/mol. The van der Waals surface area contributed by atoms with Gasteiger partial charge in [0.05, 0.1) is 40.6 Å². The summed E-state index contributed by atoms with van der Waals surface area (Å²) in [6.07, 6.45) is 1.68. The second kappa shape index (κ2) is 7.33. The van der Waals surface area contributed by atoms with Gasteiger partial charge in [-0.2, -0.15) is 5.10 Å². The van der Waals surface area contributed by atoms with Crippen LogP contribution in [0.25, 0.3) is 0 Å². The number of hydrogen-bond acceptors (Lipinski definition) is 4. The van der Waals surface area contributed by atoms with Gasteiger partial charge in [-0.25, -0.2) is 9.82 Å². The normalized spacial score (nSPS) is 12.6. The molecule has 114 valence electrons. The highest BCUT2D eigenvalue weighted by Gasteiger charge is 2.21. The molecule has 5 nitrogen and oxygen atoms in total. The molecule has 1 aromatic heterocycles. The molecule has 1 heterocycles. The Morgan fingerprint density at radius 1 is 1.57 bits per heavy atom. The predicted octanol–water partition coefficient (Wildman–Crippen LogP) is 2.64. The van der Waals surface area contributed by atoms with Gasteiger partial charge in [0.2, 0.25) is 0 Å². The van der Waals surface area contributed by atoms with E-state index in [0.29, 0.717) is 13.2 Å². The molecule has 2 aromatic rings. The van der Waals surface area contributed by atoms with E-state index in [-0.39, 0.29) is 11.1 Å². The number of ether oxygens (including phenoxy) is 1. The molecule has 0 spiro atoms. The fourth-order valence-corrected chi connectivity index (χ4v) is 2.75. The number of rotatable bonds is 6. The van der Waals surface area contributed by atoms with E-state index < -0.39 is 5.82 Å². The number of methoxy groups -OCH3 is 1. The molecule has 1 aromatic carbocycles. The van der Waals surface area contributed by atoms with Gasteiger partial charge in [0.15, 0.2) is 0 Å². The third-order valence-electron chi connectivity index (χ3n) is 3.06. The molecule has 0 bridgehead atoms. The van der Waals surface area contributed by atoms with Crippen LogP contribution in [0.1, 0.15) is 17.3 Å². The number of aromatic nitrogens is 2. The zero-order valence-electron chi connectivity index (χ0n) is 11.3. The SMILES string of the molecule is COCCn1ncc(Br)c1C(NN)c1ccc(F)c(Cl)c1. The molecule has 0 radical (unpaired) electrons. The van der Waals surface area contributed by atoms with Gasteiger partial charge in [0.25, 0.3) is 0 Å². The van der Waals surface area contributed by atoms with Crippen LogP contribution >= 0.6 is 27.5 Å². The van der Waals surface area contributed by atoms with Crippen molar-refractivity contribution in [1.82, 2.24) is 15.2 Å². The van der Waals surface area contributed by atoms with Crippen molar-refractivity contribution in [2.24, 2.45) is 5.84 Å². The molecule has 0 saturated carbocycles. The van der Waals surface area contributed by atoms with E-state index in [4.69, 9.17) is 22.2 Å². The molecule has 0 aliphatic carbocycles. The van der Waals surface area contributed by atoms with Crippen molar-refractivity contribution in [3.63, 3.8) is 0 Å². The number of hydrazine groups is 1. The maximum absolute atomic E-state index is 13.3. The van der Waals surface area contributed by atoms with Gasteiger partial charge in [-0.3, -0.25) is 10.5 Å². The standard InChI is InChI=1S/C13H15BrClFN4O/c1-21-5-4-20-13(9(14)7-18-20)12(19-17)8-2-3-11(16)10(15)6-8/h2-3,6-7,12,19H,4-5,17H2,1H3. The lowest BCUT2D eigenvalue weighted by molar-refractivity contribution is 0.182. The van der Waals surface area contributed by atoms with Crippen molar-refractivity contribution in [2.75, 3.05) is 13.7 Å². The largest absolute Gasteiger partial charge is 0.383 e. The van der Waals surface area contributed by atoms with Crippen molar-refractivity contribution in [3.05, 3.63) is 51.0 Å². The molecule has 0 amide bonds. The highest BCUT2D eigenvalue weighted by Crippen LogP contribution is 2.30. The smallest absolute Gasteiger partial charge is 0.141 e. The van der Waals surface area contributed by atoms with Crippen LogP contribution in [0.4, 0.5) is 4.39 Å². The third kappa shape index (κ3) is 3.61. The van der Waals surface area contributed by atoms with Crippen LogP contribution in [-0.2, 0) is 11.3 Å². The first-order valence-corrected chi connectivity index (χ1v) is 7.36. The number of nitrogens with one attached hydrogen (secondary N) is 1. The quantitative estimate of drug-likeness (QED) is 0.600. The summed E-state index contributed by atoms with van der Waals surface area (Å²) in [5.41, 5.74) is 4.27. The van der Waals surface area contributed by atoms with Crippen LogP contribution in [-0.4, -0.2) is 23.5 Å². The molecule has 1 atom stereocenters. The zero-order valence-corrected chi connectivity index (χ0v) is 13.7. The third-order valence-corrected chi connectivity index (χ3v) is 3.96. The molecule has 0 saturated heterocycles. The first-order valence-electron chi connectivity index (χ1n) is 6.19. The average Bonchev–Trinajstić information content (AvgIpc) is 2.83. The van der Waals surface area contributed by atoms with Gasteiger partial charge in [-0.1, -0.05) is 17.7 Å². The first-order chi connectivity index (χ1) is 10.1. The van der Waals surface area contributed by atoms with E-state index in [2.05, 4.69) is 26.5 Å². The van der Waals surface area contributed by atoms with Crippen molar-refractivity contribution in [2.45, 2.75) is 12.6 Å². The van der Waals surface area contributed by atoms with Crippen molar-refractivity contribution >= 4 is 27.5 Å². The predicted molar refractivity (Wildman–Crippen MR) is 82.4 cm³/mol. The Balaban J connectivity index is 2.40. The summed E-state index contributed by atoms with van der Waals surface area (Å²) >= 11 is 9.30. The summed E-state index contributed by atoms with van der Waals surface area (Å²) in [6, 6.07) is 4.11. The first kappa shape index (κ1) is 16.4. The van der Waals surface area contributed by atoms with E-state index in [1.807, 2.05) is 0 Å². The van der Waals surface area contributed by atoms with E-state index in [1.54, 1.807) is 30.1 Å². The van der Waals surface area contributed by atoms with E-state index in [1.165, 1.54) is 6.07 Å². The minimum Gasteiger partial charge on any atom is -0.383 e. The van der Waals surface area contributed by atoms with Crippen LogP contribution in [0.5, 0.6) is 0 Å². The topological polar surface area (TPSA) is 65.1 Å². The maximum atomic E-state index is 13.3. The molecule has 0 fully saturated rings. The van der Waals surface area contributed by atoms with Gasteiger partial charge in [0.1, 0.15) is 5.82 Å². The van der Waals surface area contributed by atoms with Crippen LogP contribution < -0.4 is 11.3 Å². The number of halogens is 3. The van der Waals surface area contributed by atoms with E-state index in [0.717, 1.165) is 15.7 Å². The molecule has 1 unspecified atom stereocenters. The Morgan fingerprint density at radius 3 is 2.95 bits per heavy atom.